The van der Waals surface area contributed by atoms with E-state index in [1.807, 2.05) is 18.2 Å². The second-order valence-electron chi connectivity index (χ2n) is 1.68. The van der Waals surface area contributed by atoms with Crippen molar-refractivity contribution in [2.75, 3.05) is 0 Å². The number of benzene rings is 1. The Morgan fingerprint density at radius 2 is 1.90 bits per heavy atom. The Hall–Kier alpha value is -0.00130. The third kappa shape index (κ3) is 2.72. The average Bonchev–Trinajstić information content (AvgIpc) is 1.88. The van der Waals surface area contributed by atoms with E-state index in [1.165, 1.54) is 0 Å². The van der Waals surface area contributed by atoms with Crippen LogP contribution in [0.5, 0.6) is 5.75 Å². The molecule has 1 aromatic carbocycles. The molecule has 10 heavy (non-hydrogen) atoms. The van der Waals surface area contributed by atoms with Gasteiger partial charge in [0.2, 0.25) is 0 Å². The van der Waals surface area contributed by atoms with E-state index < -0.39 is 18.6 Å². The van der Waals surface area contributed by atoms with E-state index in [1.54, 1.807) is 12.1 Å². The maximum absolute atomic E-state index is 8.80. The van der Waals surface area contributed by atoms with Crippen molar-refractivity contribution in [1.29, 1.82) is 0 Å². The summed E-state index contributed by atoms with van der Waals surface area (Å²) in [5.74, 6) is 0.675. The van der Waals surface area contributed by atoms with Gasteiger partial charge in [0.25, 0.3) is 0 Å². The Balaban J connectivity index is 2.67. The molecule has 0 atom stereocenters. The van der Waals surface area contributed by atoms with E-state index >= 15 is 0 Å². The molecule has 0 saturated heterocycles. The number of hydrogen-bond donors (Lipinski definition) is 1. The summed E-state index contributed by atoms with van der Waals surface area (Å²) in [5.41, 5.74) is 0. The van der Waals surface area contributed by atoms with Gasteiger partial charge < -0.3 is 0 Å². The van der Waals surface area contributed by atoms with Gasteiger partial charge >= 0.3 is 70.5 Å². The molecule has 1 aromatic rings. The van der Waals surface area contributed by atoms with Crippen molar-refractivity contribution in [3.63, 3.8) is 0 Å². The van der Waals surface area contributed by atoms with Crippen LogP contribution in [0.15, 0.2) is 30.3 Å². The number of para-hydroxylation sites is 1. The third-order valence-corrected chi connectivity index (χ3v) is 2.68. The average molecular weight is 261 g/mol. The summed E-state index contributed by atoms with van der Waals surface area (Å²) in [4.78, 5) is 0. The zero-order valence-corrected chi connectivity index (χ0v) is 8.82. The molecule has 0 heterocycles. The molecule has 1 N–H and O–H groups in total. The summed E-state index contributed by atoms with van der Waals surface area (Å²) in [7, 11) is 4.59. The molecule has 1 rings (SSSR count). The maximum atomic E-state index is 8.80. The van der Waals surface area contributed by atoms with Crippen LogP contribution in [0, 0.1) is 0 Å². The van der Waals surface area contributed by atoms with Gasteiger partial charge in [0.15, 0.2) is 0 Å². The van der Waals surface area contributed by atoms with Gasteiger partial charge in [-0.3, -0.25) is 0 Å². The van der Waals surface area contributed by atoms with E-state index in [-0.39, 0.29) is 0 Å². The summed E-state index contributed by atoms with van der Waals surface area (Å²) >= 11 is -2.80. The first-order valence-corrected chi connectivity index (χ1v) is 9.09. The van der Waals surface area contributed by atoms with Crippen LogP contribution in [0.2, 0.25) is 0 Å². The first kappa shape index (κ1) is 8.10. The summed E-state index contributed by atoms with van der Waals surface area (Å²) in [6.07, 6.45) is 0. The molecule has 0 bridgehead atoms. The van der Waals surface area contributed by atoms with E-state index in [0.717, 1.165) is 0 Å². The Kier molecular flexibility index (Phi) is 3.24. The standard InChI is InChI=1S/C6H6O.H2O.S.Sn/c7-6-4-2-1-3-5-6;;;/h1-5,7H;1H2;;/q;;;+2/p-2. The fraction of sp³-hybridized carbons (Fsp3) is 0. The first-order chi connectivity index (χ1) is 4.79. The van der Waals surface area contributed by atoms with Crippen LogP contribution in [0.25, 0.3) is 0 Å². The Morgan fingerprint density at radius 3 is 2.40 bits per heavy atom. The third-order valence-electron chi connectivity index (χ3n) is 0.948. The fourth-order valence-corrected chi connectivity index (χ4v) is 2.20. The van der Waals surface area contributed by atoms with Crippen LogP contribution in [-0.2, 0) is 0 Å². The van der Waals surface area contributed by atoms with Gasteiger partial charge in [0.1, 0.15) is 0 Å². The first-order valence-electron chi connectivity index (χ1n) is 2.75. The second kappa shape index (κ2) is 4.00. The Morgan fingerprint density at radius 1 is 1.30 bits per heavy atom. The van der Waals surface area contributed by atoms with Gasteiger partial charge in [0.05, 0.1) is 0 Å². The van der Waals surface area contributed by atoms with Crippen molar-refractivity contribution < 1.29 is 6.52 Å². The number of hydrogen-bond acceptors (Lipinski definition) is 2. The van der Waals surface area contributed by atoms with E-state index in [0.29, 0.717) is 5.75 Å². The van der Waals surface area contributed by atoms with Crippen LogP contribution in [-0.4, -0.2) is 22.1 Å². The van der Waals surface area contributed by atoms with Crippen molar-refractivity contribution in [1.82, 2.24) is 0 Å². The molecular weight excluding hydrogens is 255 g/mol. The molecule has 0 aliphatic rings. The topological polar surface area (TPSA) is 29.5 Å². The van der Waals surface area contributed by atoms with Gasteiger partial charge in [-0.1, -0.05) is 0 Å². The quantitative estimate of drug-likeness (QED) is 0.812. The Labute approximate surface area is 70.4 Å². The monoisotopic (exact) mass is 262 g/mol. The van der Waals surface area contributed by atoms with Crippen molar-refractivity contribution in [3.05, 3.63) is 30.3 Å². The van der Waals surface area contributed by atoms with Crippen molar-refractivity contribution in [3.8, 4) is 5.75 Å². The van der Waals surface area contributed by atoms with Gasteiger partial charge in [-0.2, -0.15) is 0 Å². The molecule has 0 spiro atoms. The molecule has 0 aromatic heterocycles. The van der Waals surface area contributed by atoms with Gasteiger partial charge in [-0.05, 0) is 0 Å². The molecule has 52 valence electrons. The SMILES string of the molecule is [OH][Sn](=[S])[O]c1ccccc1. The molecule has 4 heteroatoms. The van der Waals surface area contributed by atoms with Crippen LogP contribution in [0.3, 0.4) is 0 Å². The molecule has 0 unspecified atom stereocenters. The second-order valence-corrected chi connectivity index (χ2v) is 6.12. The van der Waals surface area contributed by atoms with Crippen molar-refractivity contribution in [2.45, 2.75) is 0 Å². The molecule has 0 aliphatic carbocycles. The molecule has 0 aliphatic heterocycles. The molecule has 0 saturated carbocycles. The van der Waals surface area contributed by atoms with Crippen molar-refractivity contribution >= 4 is 27.9 Å². The summed E-state index contributed by atoms with van der Waals surface area (Å²) in [6, 6.07) is 9.14. The normalized spacial score (nSPS) is 8.90. The molecule has 2 nitrogen and oxygen atoms in total. The molecule has 0 amide bonds. The van der Waals surface area contributed by atoms with Crippen LogP contribution in [0.1, 0.15) is 0 Å². The van der Waals surface area contributed by atoms with Crippen LogP contribution in [0.4, 0.5) is 0 Å². The summed E-state index contributed by atoms with van der Waals surface area (Å²) in [5, 5.41) is 0. The number of rotatable bonds is 2. The summed E-state index contributed by atoms with van der Waals surface area (Å²) < 4.78 is 13.8. The minimum absolute atomic E-state index is 0.675. The predicted octanol–water partition coefficient (Wildman–Crippen LogP) is 1.24. The van der Waals surface area contributed by atoms with Crippen molar-refractivity contribution in [2.24, 2.45) is 0 Å². The summed E-state index contributed by atoms with van der Waals surface area (Å²) in [6.45, 7) is 0. The zero-order valence-electron chi connectivity index (χ0n) is 5.15. The van der Waals surface area contributed by atoms with Gasteiger partial charge in [-0.25, -0.2) is 0 Å². The van der Waals surface area contributed by atoms with Crippen LogP contribution >= 0.6 is 9.29 Å². The van der Waals surface area contributed by atoms with E-state index in [4.69, 9.17) is 6.52 Å². The van der Waals surface area contributed by atoms with Gasteiger partial charge in [-0.15, -0.1) is 0 Å². The van der Waals surface area contributed by atoms with E-state index in [2.05, 4.69) is 9.29 Å². The fourth-order valence-electron chi connectivity index (χ4n) is 0.589. The Bertz CT molecular complexity index is 224. The van der Waals surface area contributed by atoms with E-state index in [9.17, 15) is 0 Å². The van der Waals surface area contributed by atoms with Gasteiger partial charge in [0, 0.05) is 0 Å². The predicted molar refractivity (Wildman–Crippen MR) is 42.6 cm³/mol. The molecule has 0 fully saturated rings. The molecule has 0 radical (unpaired) electrons. The zero-order chi connectivity index (χ0) is 7.40. The van der Waals surface area contributed by atoms with Crippen LogP contribution < -0.4 is 3.07 Å². The minimum atomic E-state index is -2.80. The molecular formula is C6H6O2SSn.